The van der Waals surface area contributed by atoms with E-state index in [-0.39, 0.29) is 12.5 Å². The number of aliphatic hydroxyl groups is 1. The SMILES string of the molecule is O=C(Cc1ccc[nH]1)NC1CCC(CCO)CC1. The molecule has 1 aromatic rings. The molecule has 0 spiro atoms. The Hall–Kier alpha value is -1.29. The van der Waals surface area contributed by atoms with Crippen LogP contribution in [0.25, 0.3) is 0 Å². The lowest BCUT2D eigenvalue weighted by Crippen LogP contribution is -2.38. The van der Waals surface area contributed by atoms with E-state index in [0.717, 1.165) is 37.8 Å². The van der Waals surface area contributed by atoms with Gasteiger partial charge in [-0.05, 0) is 50.2 Å². The molecule has 0 aromatic carbocycles. The number of H-pyrrole nitrogens is 1. The Morgan fingerprint density at radius 1 is 1.39 bits per heavy atom. The molecule has 1 aliphatic carbocycles. The number of amides is 1. The summed E-state index contributed by atoms with van der Waals surface area (Å²) in [6.07, 6.45) is 7.50. The average molecular weight is 250 g/mol. The fourth-order valence-electron chi connectivity index (χ4n) is 2.71. The van der Waals surface area contributed by atoms with Crippen LogP contribution in [0.15, 0.2) is 18.3 Å². The Morgan fingerprint density at radius 2 is 2.17 bits per heavy atom. The molecule has 0 radical (unpaired) electrons. The molecule has 4 heteroatoms. The maximum Gasteiger partial charge on any atom is 0.226 e. The Labute approximate surface area is 108 Å². The molecule has 0 atom stereocenters. The van der Waals surface area contributed by atoms with Crippen LogP contribution in [-0.2, 0) is 11.2 Å². The van der Waals surface area contributed by atoms with Gasteiger partial charge in [0.25, 0.3) is 0 Å². The van der Waals surface area contributed by atoms with E-state index < -0.39 is 0 Å². The smallest absolute Gasteiger partial charge is 0.226 e. The highest BCUT2D eigenvalue weighted by Crippen LogP contribution is 2.26. The lowest BCUT2D eigenvalue weighted by molar-refractivity contribution is -0.121. The van der Waals surface area contributed by atoms with Gasteiger partial charge in [-0.15, -0.1) is 0 Å². The molecule has 1 aromatic heterocycles. The quantitative estimate of drug-likeness (QED) is 0.743. The third-order valence-electron chi connectivity index (χ3n) is 3.76. The highest BCUT2D eigenvalue weighted by Gasteiger charge is 2.21. The standard InChI is InChI=1S/C14H22N2O2/c17-9-7-11-3-5-12(6-4-11)16-14(18)10-13-2-1-8-15-13/h1-2,8,11-12,15,17H,3-7,9-10H2,(H,16,18). The summed E-state index contributed by atoms with van der Waals surface area (Å²) in [6.45, 7) is 0.286. The minimum Gasteiger partial charge on any atom is -0.396 e. The number of aromatic amines is 1. The van der Waals surface area contributed by atoms with Crippen LogP contribution in [0.5, 0.6) is 0 Å². The molecular formula is C14H22N2O2. The predicted molar refractivity (Wildman–Crippen MR) is 70.1 cm³/mol. The lowest BCUT2D eigenvalue weighted by Gasteiger charge is -2.28. The van der Waals surface area contributed by atoms with Crippen molar-refractivity contribution in [3.05, 3.63) is 24.0 Å². The maximum atomic E-state index is 11.8. The normalized spacial score (nSPS) is 23.8. The highest BCUT2D eigenvalue weighted by molar-refractivity contribution is 5.78. The second kappa shape index (κ2) is 6.59. The number of aliphatic hydroxyl groups excluding tert-OH is 1. The van der Waals surface area contributed by atoms with Gasteiger partial charge in [-0.25, -0.2) is 0 Å². The summed E-state index contributed by atoms with van der Waals surface area (Å²) in [4.78, 5) is 14.9. The molecule has 100 valence electrons. The van der Waals surface area contributed by atoms with E-state index in [1.807, 2.05) is 18.3 Å². The summed E-state index contributed by atoms with van der Waals surface area (Å²) in [5, 5.41) is 12.0. The van der Waals surface area contributed by atoms with Gasteiger partial charge in [-0.2, -0.15) is 0 Å². The molecule has 0 aliphatic heterocycles. The van der Waals surface area contributed by atoms with Crippen molar-refractivity contribution in [2.45, 2.75) is 44.6 Å². The first-order valence-corrected chi connectivity index (χ1v) is 6.80. The van der Waals surface area contributed by atoms with Crippen molar-refractivity contribution in [1.29, 1.82) is 0 Å². The number of nitrogens with one attached hydrogen (secondary N) is 2. The van der Waals surface area contributed by atoms with E-state index in [4.69, 9.17) is 5.11 Å². The molecule has 1 saturated carbocycles. The second-order valence-corrected chi connectivity index (χ2v) is 5.17. The fraction of sp³-hybridized carbons (Fsp3) is 0.643. The number of hydrogen-bond donors (Lipinski definition) is 3. The second-order valence-electron chi connectivity index (χ2n) is 5.17. The Morgan fingerprint density at radius 3 is 2.78 bits per heavy atom. The molecule has 3 N–H and O–H groups in total. The molecule has 1 amide bonds. The van der Waals surface area contributed by atoms with Gasteiger partial charge in [0.2, 0.25) is 5.91 Å². The predicted octanol–water partition coefficient (Wildman–Crippen LogP) is 1.61. The van der Waals surface area contributed by atoms with E-state index in [2.05, 4.69) is 10.3 Å². The molecule has 0 saturated heterocycles. The van der Waals surface area contributed by atoms with E-state index in [1.165, 1.54) is 0 Å². The van der Waals surface area contributed by atoms with Gasteiger partial charge in [-0.3, -0.25) is 4.79 Å². The van der Waals surface area contributed by atoms with Crippen LogP contribution in [0.3, 0.4) is 0 Å². The summed E-state index contributed by atoms with van der Waals surface area (Å²) >= 11 is 0. The third-order valence-corrected chi connectivity index (χ3v) is 3.76. The van der Waals surface area contributed by atoms with Gasteiger partial charge in [0.15, 0.2) is 0 Å². The van der Waals surface area contributed by atoms with Crippen molar-refractivity contribution in [3.8, 4) is 0 Å². The van der Waals surface area contributed by atoms with Crippen LogP contribution in [0, 0.1) is 5.92 Å². The first-order chi connectivity index (χ1) is 8.78. The van der Waals surface area contributed by atoms with Crippen LogP contribution in [-0.4, -0.2) is 28.6 Å². The van der Waals surface area contributed by atoms with Crippen molar-refractivity contribution in [2.75, 3.05) is 6.61 Å². The molecule has 18 heavy (non-hydrogen) atoms. The molecule has 0 unspecified atom stereocenters. The maximum absolute atomic E-state index is 11.8. The molecular weight excluding hydrogens is 228 g/mol. The van der Waals surface area contributed by atoms with Gasteiger partial charge >= 0.3 is 0 Å². The van der Waals surface area contributed by atoms with Crippen LogP contribution >= 0.6 is 0 Å². The summed E-state index contributed by atoms with van der Waals surface area (Å²) < 4.78 is 0. The third kappa shape index (κ3) is 3.88. The van der Waals surface area contributed by atoms with Gasteiger partial charge in [0, 0.05) is 24.5 Å². The highest BCUT2D eigenvalue weighted by atomic mass is 16.3. The number of carbonyl (C=O) groups excluding carboxylic acids is 1. The summed E-state index contributed by atoms with van der Waals surface area (Å²) in [5.41, 5.74) is 0.960. The summed E-state index contributed by atoms with van der Waals surface area (Å²) in [5.74, 6) is 0.745. The monoisotopic (exact) mass is 250 g/mol. The zero-order chi connectivity index (χ0) is 12.8. The zero-order valence-electron chi connectivity index (χ0n) is 10.7. The van der Waals surface area contributed by atoms with Crippen LogP contribution in [0.2, 0.25) is 0 Å². The molecule has 1 fully saturated rings. The first kappa shape index (κ1) is 13.1. The minimum atomic E-state index is 0.100. The summed E-state index contributed by atoms with van der Waals surface area (Å²) in [6, 6.07) is 4.16. The average Bonchev–Trinajstić information content (AvgIpc) is 2.84. The van der Waals surface area contributed by atoms with Crippen LogP contribution in [0.4, 0.5) is 0 Å². The molecule has 2 rings (SSSR count). The Kier molecular flexibility index (Phi) is 4.81. The zero-order valence-corrected chi connectivity index (χ0v) is 10.7. The molecule has 1 aliphatic rings. The number of carbonyl (C=O) groups is 1. The topological polar surface area (TPSA) is 65.1 Å². The van der Waals surface area contributed by atoms with Crippen molar-refractivity contribution >= 4 is 5.91 Å². The van der Waals surface area contributed by atoms with E-state index in [0.29, 0.717) is 18.4 Å². The largest absolute Gasteiger partial charge is 0.396 e. The van der Waals surface area contributed by atoms with E-state index >= 15 is 0 Å². The number of hydrogen-bond acceptors (Lipinski definition) is 2. The van der Waals surface area contributed by atoms with Gasteiger partial charge in [-0.1, -0.05) is 0 Å². The first-order valence-electron chi connectivity index (χ1n) is 6.80. The van der Waals surface area contributed by atoms with Crippen LogP contribution < -0.4 is 5.32 Å². The van der Waals surface area contributed by atoms with E-state index in [1.54, 1.807) is 0 Å². The van der Waals surface area contributed by atoms with Crippen LogP contribution in [0.1, 0.15) is 37.8 Å². The summed E-state index contributed by atoms with van der Waals surface area (Å²) in [7, 11) is 0. The van der Waals surface area contributed by atoms with Gasteiger partial charge in [0.05, 0.1) is 6.42 Å². The fourth-order valence-corrected chi connectivity index (χ4v) is 2.71. The van der Waals surface area contributed by atoms with E-state index in [9.17, 15) is 4.79 Å². The van der Waals surface area contributed by atoms with Gasteiger partial charge < -0.3 is 15.4 Å². The van der Waals surface area contributed by atoms with Crippen molar-refractivity contribution in [1.82, 2.24) is 10.3 Å². The lowest BCUT2D eigenvalue weighted by atomic mass is 9.84. The molecule has 4 nitrogen and oxygen atoms in total. The Balaban J connectivity index is 1.69. The number of rotatable bonds is 5. The van der Waals surface area contributed by atoms with Gasteiger partial charge in [0.1, 0.15) is 0 Å². The minimum absolute atomic E-state index is 0.100. The number of aromatic nitrogens is 1. The van der Waals surface area contributed by atoms with Crippen molar-refractivity contribution < 1.29 is 9.90 Å². The molecule has 1 heterocycles. The van der Waals surface area contributed by atoms with Crippen molar-refractivity contribution in [3.63, 3.8) is 0 Å². The Bertz CT molecular complexity index is 354. The molecule has 0 bridgehead atoms. The van der Waals surface area contributed by atoms with Crippen molar-refractivity contribution in [2.24, 2.45) is 5.92 Å².